The number of nitrogens with zero attached hydrogens (tertiary/aromatic N) is 1. The molecule has 0 saturated carbocycles. The first-order valence-electron chi connectivity index (χ1n) is 7.62. The first-order valence-corrected chi connectivity index (χ1v) is 7.62. The van der Waals surface area contributed by atoms with Gasteiger partial charge in [0.15, 0.2) is 0 Å². The van der Waals surface area contributed by atoms with Crippen molar-refractivity contribution in [2.45, 2.75) is 33.3 Å². The summed E-state index contributed by atoms with van der Waals surface area (Å²) in [5.74, 6) is 0. The van der Waals surface area contributed by atoms with E-state index in [1.165, 1.54) is 4.90 Å². The fourth-order valence-electron chi connectivity index (χ4n) is 2.24. The van der Waals surface area contributed by atoms with Crippen molar-refractivity contribution in [3.05, 3.63) is 72.3 Å². The molecule has 120 valence electrons. The van der Waals surface area contributed by atoms with Gasteiger partial charge in [-0.1, -0.05) is 55.1 Å². The molecule has 0 aliphatic carbocycles. The minimum atomic E-state index is -0.574. The van der Waals surface area contributed by atoms with Gasteiger partial charge in [0.25, 0.3) is 0 Å². The van der Waals surface area contributed by atoms with Gasteiger partial charge in [-0.3, -0.25) is 0 Å². The van der Waals surface area contributed by atoms with Crippen LogP contribution in [0.2, 0.25) is 0 Å². The molecule has 0 spiro atoms. The maximum Gasteiger partial charge on any atom is 0.419 e. The second-order valence-electron chi connectivity index (χ2n) is 6.41. The van der Waals surface area contributed by atoms with Crippen molar-refractivity contribution in [1.82, 2.24) is 0 Å². The highest BCUT2D eigenvalue weighted by Gasteiger charge is 2.27. The second kappa shape index (κ2) is 6.69. The van der Waals surface area contributed by atoms with E-state index in [4.69, 9.17) is 4.74 Å². The lowest BCUT2D eigenvalue weighted by Gasteiger charge is -2.29. The highest BCUT2D eigenvalue weighted by atomic mass is 16.6. The zero-order valence-corrected chi connectivity index (χ0v) is 14.2. The molecule has 0 atom stereocenters. The average molecular weight is 309 g/mol. The molecule has 0 saturated heterocycles. The number of carbonyl (C=O) groups excluding carboxylic acids is 1. The minimum Gasteiger partial charge on any atom is -0.443 e. The third-order valence-electron chi connectivity index (χ3n) is 3.31. The zero-order chi connectivity index (χ0) is 17.0. The van der Waals surface area contributed by atoms with Crippen LogP contribution in [0, 0.1) is 6.92 Å². The average Bonchev–Trinajstić information content (AvgIpc) is 2.48. The Balaban J connectivity index is 2.46. The molecule has 3 nitrogen and oxygen atoms in total. The van der Waals surface area contributed by atoms with Crippen LogP contribution in [0.25, 0.3) is 5.70 Å². The Kier molecular flexibility index (Phi) is 4.89. The van der Waals surface area contributed by atoms with Crippen LogP contribution in [0.3, 0.4) is 0 Å². The normalized spacial score (nSPS) is 11.0. The van der Waals surface area contributed by atoms with E-state index < -0.39 is 11.7 Å². The lowest BCUT2D eigenvalue weighted by atomic mass is 10.1. The molecule has 3 heteroatoms. The molecule has 23 heavy (non-hydrogen) atoms. The molecule has 1 amide bonds. The summed E-state index contributed by atoms with van der Waals surface area (Å²) in [4.78, 5) is 14.3. The number of hydrogen-bond donors (Lipinski definition) is 0. The van der Waals surface area contributed by atoms with E-state index in [2.05, 4.69) is 6.58 Å². The maximum absolute atomic E-state index is 12.8. The third kappa shape index (κ3) is 4.22. The van der Waals surface area contributed by atoms with Crippen molar-refractivity contribution in [2.75, 3.05) is 4.90 Å². The Morgan fingerprint density at radius 1 is 1.00 bits per heavy atom. The predicted molar refractivity (Wildman–Crippen MR) is 95.4 cm³/mol. The van der Waals surface area contributed by atoms with E-state index in [-0.39, 0.29) is 0 Å². The molecule has 0 radical (unpaired) electrons. The summed E-state index contributed by atoms with van der Waals surface area (Å²) in [6.45, 7) is 11.6. The van der Waals surface area contributed by atoms with Crippen LogP contribution in [-0.2, 0) is 4.74 Å². The summed E-state index contributed by atoms with van der Waals surface area (Å²) >= 11 is 0. The van der Waals surface area contributed by atoms with E-state index in [1.54, 1.807) is 0 Å². The molecule has 0 aliphatic heterocycles. The van der Waals surface area contributed by atoms with Gasteiger partial charge < -0.3 is 4.74 Å². The lowest BCUT2D eigenvalue weighted by molar-refractivity contribution is 0.0600. The lowest BCUT2D eigenvalue weighted by Crippen LogP contribution is -2.36. The van der Waals surface area contributed by atoms with Gasteiger partial charge in [-0.2, -0.15) is 0 Å². The number of para-hydroxylation sites is 1. The van der Waals surface area contributed by atoms with Gasteiger partial charge in [0.2, 0.25) is 0 Å². The van der Waals surface area contributed by atoms with Crippen molar-refractivity contribution >= 4 is 17.5 Å². The van der Waals surface area contributed by atoms with Gasteiger partial charge in [-0.05, 0) is 44.9 Å². The van der Waals surface area contributed by atoms with Crippen LogP contribution in [0.15, 0.2) is 61.2 Å². The molecule has 0 aliphatic rings. The quantitative estimate of drug-likeness (QED) is 0.759. The molecule has 0 heterocycles. The van der Waals surface area contributed by atoms with E-state index in [9.17, 15) is 4.79 Å². The molecule has 0 N–H and O–H groups in total. The molecule has 2 aromatic carbocycles. The van der Waals surface area contributed by atoms with Crippen LogP contribution in [-0.4, -0.2) is 11.7 Å². The Bertz CT molecular complexity index is 699. The Hall–Kier alpha value is -2.55. The number of benzene rings is 2. The summed E-state index contributed by atoms with van der Waals surface area (Å²) in [7, 11) is 0. The van der Waals surface area contributed by atoms with Crippen molar-refractivity contribution in [3.8, 4) is 0 Å². The molecular weight excluding hydrogens is 286 g/mol. The number of carbonyl (C=O) groups is 1. The van der Waals surface area contributed by atoms with Gasteiger partial charge in [0.1, 0.15) is 5.60 Å². The standard InChI is InChI=1S/C20H23NO2/c1-15-11-9-10-14-18(15)21(19(22)23-20(3,4)5)16(2)17-12-7-6-8-13-17/h6-14H,2H2,1,3-5H3. The predicted octanol–water partition coefficient (Wildman–Crippen LogP) is 5.41. The molecule has 0 unspecified atom stereocenters. The Morgan fingerprint density at radius 3 is 2.13 bits per heavy atom. The number of anilines is 1. The Labute approximate surface area is 138 Å². The van der Waals surface area contributed by atoms with Gasteiger partial charge in [-0.25, -0.2) is 9.69 Å². The van der Waals surface area contributed by atoms with Crippen LogP contribution >= 0.6 is 0 Å². The van der Waals surface area contributed by atoms with Crippen molar-refractivity contribution in [3.63, 3.8) is 0 Å². The molecule has 0 aromatic heterocycles. The van der Waals surface area contributed by atoms with Crippen LogP contribution in [0.4, 0.5) is 10.5 Å². The first-order chi connectivity index (χ1) is 10.8. The van der Waals surface area contributed by atoms with Gasteiger partial charge in [0, 0.05) is 0 Å². The first kappa shape index (κ1) is 16.8. The van der Waals surface area contributed by atoms with Crippen LogP contribution in [0.5, 0.6) is 0 Å². The van der Waals surface area contributed by atoms with E-state index in [1.807, 2.05) is 82.3 Å². The minimum absolute atomic E-state index is 0.430. The molecule has 2 aromatic rings. The monoisotopic (exact) mass is 309 g/mol. The molecule has 0 bridgehead atoms. The topological polar surface area (TPSA) is 29.5 Å². The van der Waals surface area contributed by atoms with Crippen LogP contribution < -0.4 is 4.90 Å². The SMILES string of the molecule is C=C(c1ccccc1)N(C(=O)OC(C)(C)C)c1ccccc1C. The summed E-state index contributed by atoms with van der Waals surface area (Å²) in [5.41, 5.74) is 2.65. The van der Waals surface area contributed by atoms with E-state index >= 15 is 0 Å². The van der Waals surface area contributed by atoms with Crippen molar-refractivity contribution < 1.29 is 9.53 Å². The molecule has 0 fully saturated rings. The summed E-state index contributed by atoms with van der Waals surface area (Å²) in [5, 5.41) is 0. The van der Waals surface area contributed by atoms with Crippen molar-refractivity contribution in [2.24, 2.45) is 0 Å². The highest BCUT2D eigenvalue weighted by molar-refractivity contribution is 6.02. The van der Waals surface area contributed by atoms with Gasteiger partial charge >= 0.3 is 6.09 Å². The van der Waals surface area contributed by atoms with E-state index in [0.717, 1.165) is 16.8 Å². The third-order valence-corrected chi connectivity index (χ3v) is 3.31. The number of ether oxygens (including phenoxy) is 1. The zero-order valence-electron chi connectivity index (χ0n) is 14.2. The van der Waals surface area contributed by atoms with Crippen LogP contribution in [0.1, 0.15) is 31.9 Å². The fourth-order valence-corrected chi connectivity index (χ4v) is 2.24. The fraction of sp³-hybridized carbons (Fsp3) is 0.250. The van der Waals surface area contributed by atoms with Gasteiger partial charge in [-0.15, -0.1) is 0 Å². The number of amides is 1. The highest BCUT2D eigenvalue weighted by Crippen LogP contribution is 2.29. The summed E-state index contributed by atoms with van der Waals surface area (Å²) in [6, 6.07) is 17.3. The molecule has 2 rings (SSSR count). The van der Waals surface area contributed by atoms with Crippen molar-refractivity contribution in [1.29, 1.82) is 0 Å². The number of hydrogen-bond acceptors (Lipinski definition) is 2. The number of aryl methyl sites for hydroxylation is 1. The largest absolute Gasteiger partial charge is 0.443 e. The Morgan fingerprint density at radius 2 is 1.57 bits per heavy atom. The maximum atomic E-state index is 12.8. The smallest absolute Gasteiger partial charge is 0.419 e. The second-order valence-corrected chi connectivity index (χ2v) is 6.41. The molecular formula is C20H23NO2. The summed E-state index contributed by atoms with van der Waals surface area (Å²) in [6.07, 6.45) is -0.430. The number of rotatable bonds is 3. The van der Waals surface area contributed by atoms with Gasteiger partial charge in [0.05, 0.1) is 11.4 Å². The summed E-state index contributed by atoms with van der Waals surface area (Å²) < 4.78 is 5.58. The van der Waals surface area contributed by atoms with E-state index in [0.29, 0.717) is 5.70 Å².